The Morgan fingerprint density at radius 1 is 0.938 bits per heavy atom. The molecule has 0 heterocycles. The number of hydrogen-bond acceptors (Lipinski definition) is 3. The SMILES string of the molecule is O=P([O-])([O-])CCC(F)(F)C(F)(F)C(F)(F)F. The van der Waals surface area contributed by atoms with Crippen molar-refractivity contribution in [3.05, 3.63) is 0 Å². The lowest BCUT2D eigenvalue weighted by molar-refractivity contribution is -0.356. The van der Waals surface area contributed by atoms with Gasteiger partial charge in [0.1, 0.15) is 0 Å². The van der Waals surface area contributed by atoms with Crippen LogP contribution in [0.5, 0.6) is 0 Å². The van der Waals surface area contributed by atoms with E-state index in [0.29, 0.717) is 0 Å². The minimum Gasteiger partial charge on any atom is -0.811 e. The van der Waals surface area contributed by atoms with Gasteiger partial charge >= 0.3 is 18.0 Å². The molecule has 0 aromatic rings. The second-order valence-corrected chi connectivity index (χ2v) is 4.53. The molecule has 0 aliphatic carbocycles. The molecule has 0 bridgehead atoms. The zero-order valence-electron chi connectivity index (χ0n) is 7.23. The predicted octanol–water partition coefficient (Wildman–Crippen LogP) is 1.12. The molecular formula is C5H4F7O3P-2. The summed E-state index contributed by atoms with van der Waals surface area (Å²) in [5.41, 5.74) is 0. The molecule has 3 nitrogen and oxygen atoms in total. The molecule has 0 fully saturated rings. The Morgan fingerprint density at radius 3 is 1.56 bits per heavy atom. The van der Waals surface area contributed by atoms with Gasteiger partial charge in [0, 0.05) is 6.42 Å². The molecule has 0 amide bonds. The monoisotopic (exact) mass is 276 g/mol. The van der Waals surface area contributed by atoms with Crippen LogP contribution in [0.2, 0.25) is 0 Å². The highest BCUT2D eigenvalue weighted by atomic mass is 31.2. The van der Waals surface area contributed by atoms with Crippen molar-refractivity contribution in [1.82, 2.24) is 0 Å². The second kappa shape index (κ2) is 4.15. The Hall–Kier alpha value is -0.340. The first-order chi connectivity index (χ1) is 6.71. The lowest BCUT2D eigenvalue weighted by Gasteiger charge is -2.33. The van der Waals surface area contributed by atoms with Crippen LogP contribution < -0.4 is 9.79 Å². The molecule has 0 spiro atoms. The van der Waals surface area contributed by atoms with E-state index in [0.717, 1.165) is 0 Å². The van der Waals surface area contributed by atoms with Gasteiger partial charge in [-0.1, -0.05) is 7.60 Å². The first kappa shape index (κ1) is 15.7. The molecular weight excluding hydrogens is 272 g/mol. The molecule has 0 N–H and O–H groups in total. The van der Waals surface area contributed by atoms with E-state index in [9.17, 15) is 45.1 Å². The zero-order chi connectivity index (χ0) is 13.4. The van der Waals surface area contributed by atoms with Crippen LogP contribution in [0.15, 0.2) is 0 Å². The van der Waals surface area contributed by atoms with E-state index in [4.69, 9.17) is 0 Å². The van der Waals surface area contributed by atoms with E-state index in [2.05, 4.69) is 0 Å². The Labute approximate surface area is 84.4 Å². The molecule has 0 aliphatic heterocycles. The highest BCUT2D eigenvalue weighted by molar-refractivity contribution is 7.48. The fourth-order valence-electron chi connectivity index (χ4n) is 0.642. The van der Waals surface area contributed by atoms with Crippen LogP contribution in [-0.4, -0.2) is 24.2 Å². The zero-order valence-corrected chi connectivity index (χ0v) is 8.13. The molecule has 0 aromatic heterocycles. The first-order valence-electron chi connectivity index (χ1n) is 3.54. The molecule has 0 radical (unpaired) electrons. The van der Waals surface area contributed by atoms with Gasteiger partial charge in [0.2, 0.25) is 0 Å². The largest absolute Gasteiger partial charge is 0.811 e. The summed E-state index contributed by atoms with van der Waals surface area (Å²) < 4.78 is 93.3. The Balaban J connectivity index is 4.86. The van der Waals surface area contributed by atoms with Gasteiger partial charge in [-0.05, 0) is 6.16 Å². The summed E-state index contributed by atoms with van der Waals surface area (Å²) in [6.45, 7) is 0. The van der Waals surface area contributed by atoms with Crippen LogP contribution in [0.1, 0.15) is 6.42 Å². The van der Waals surface area contributed by atoms with Crippen LogP contribution in [0, 0.1) is 0 Å². The van der Waals surface area contributed by atoms with E-state index in [1.165, 1.54) is 0 Å². The van der Waals surface area contributed by atoms with Crippen LogP contribution >= 0.6 is 7.60 Å². The van der Waals surface area contributed by atoms with Crippen molar-refractivity contribution in [1.29, 1.82) is 0 Å². The van der Waals surface area contributed by atoms with Gasteiger partial charge in [-0.25, -0.2) is 0 Å². The van der Waals surface area contributed by atoms with Crippen molar-refractivity contribution in [2.45, 2.75) is 24.4 Å². The van der Waals surface area contributed by atoms with Crippen molar-refractivity contribution in [3.8, 4) is 0 Å². The van der Waals surface area contributed by atoms with Gasteiger partial charge in [-0.2, -0.15) is 30.7 Å². The van der Waals surface area contributed by atoms with Gasteiger partial charge in [-0.3, -0.25) is 0 Å². The number of halogens is 7. The van der Waals surface area contributed by atoms with Gasteiger partial charge in [0.15, 0.2) is 0 Å². The summed E-state index contributed by atoms with van der Waals surface area (Å²) in [6.07, 6.45) is -10.9. The smallest absolute Gasteiger partial charge is 0.459 e. The molecule has 16 heavy (non-hydrogen) atoms. The molecule has 11 heteroatoms. The normalized spacial score (nSPS) is 15.3. The van der Waals surface area contributed by atoms with E-state index >= 15 is 0 Å². The molecule has 0 aromatic carbocycles. The van der Waals surface area contributed by atoms with Gasteiger partial charge in [0.25, 0.3) is 0 Å². The first-order valence-corrected chi connectivity index (χ1v) is 5.27. The molecule has 0 saturated carbocycles. The Kier molecular flexibility index (Phi) is 4.07. The molecule has 0 aliphatic rings. The van der Waals surface area contributed by atoms with E-state index in [-0.39, 0.29) is 0 Å². The fourth-order valence-corrected chi connectivity index (χ4v) is 1.20. The average Bonchev–Trinajstić information content (AvgIpc) is 1.97. The highest BCUT2D eigenvalue weighted by Gasteiger charge is 2.72. The number of rotatable bonds is 4. The summed E-state index contributed by atoms with van der Waals surface area (Å²) in [5, 5.41) is 0. The summed E-state index contributed by atoms with van der Waals surface area (Å²) in [7, 11) is -5.56. The molecule has 0 saturated heterocycles. The van der Waals surface area contributed by atoms with Crippen molar-refractivity contribution in [2.75, 3.05) is 6.16 Å². The topological polar surface area (TPSA) is 63.2 Å². The third-order valence-electron chi connectivity index (χ3n) is 1.52. The van der Waals surface area contributed by atoms with Crippen molar-refractivity contribution in [3.63, 3.8) is 0 Å². The highest BCUT2D eigenvalue weighted by Crippen LogP contribution is 2.49. The standard InChI is InChI=1S/C5H6F7O3P/c6-3(7,1-2-16(13,14)15)4(8,9)5(10,11)12/h1-2H2,(H2,13,14,15)/p-2. The van der Waals surface area contributed by atoms with Crippen LogP contribution in [0.4, 0.5) is 30.7 Å². The molecule has 98 valence electrons. The third-order valence-corrected chi connectivity index (χ3v) is 2.29. The summed E-state index contributed by atoms with van der Waals surface area (Å²) in [4.78, 5) is 19.7. The number of hydrogen-bond donors (Lipinski definition) is 0. The maximum absolute atomic E-state index is 12.4. The maximum atomic E-state index is 12.4. The van der Waals surface area contributed by atoms with Crippen LogP contribution in [0.3, 0.4) is 0 Å². The summed E-state index contributed by atoms with van der Waals surface area (Å²) in [5.74, 6) is -12.0. The number of alkyl halides is 7. The van der Waals surface area contributed by atoms with E-state index < -0.39 is 38.2 Å². The molecule has 0 atom stereocenters. The molecule has 0 rings (SSSR count). The van der Waals surface area contributed by atoms with Crippen molar-refractivity contribution >= 4 is 7.60 Å². The fraction of sp³-hybridized carbons (Fsp3) is 1.00. The Morgan fingerprint density at radius 2 is 1.31 bits per heavy atom. The molecule has 0 unspecified atom stereocenters. The van der Waals surface area contributed by atoms with Gasteiger partial charge in [-0.15, -0.1) is 0 Å². The van der Waals surface area contributed by atoms with Crippen molar-refractivity contribution in [2.24, 2.45) is 0 Å². The second-order valence-electron chi connectivity index (χ2n) is 2.86. The average molecular weight is 276 g/mol. The minimum atomic E-state index is -6.52. The summed E-state index contributed by atoms with van der Waals surface area (Å²) in [6, 6.07) is 0. The lowest BCUT2D eigenvalue weighted by atomic mass is 10.1. The summed E-state index contributed by atoms with van der Waals surface area (Å²) >= 11 is 0. The minimum absolute atomic E-state index is 1.98. The van der Waals surface area contributed by atoms with Crippen LogP contribution in [0.25, 0.3) is 0 Å². The predicted molar refractivity (Wildman–Crippen MR) is 33.0 cm³/mol. The van der Waals surface area contributed by atoms with Crippen molar-refractivity contribution < 1.29 is 45.1 Å². The third kappa shape index (κ3) is 3.60. The van der Waals surface area contributed by atoms with E-state index in [1.54, 1.807) is 0 Å². The van der Waals surface area contributed by atoms with Gasteiger partial charge < -0.3 is 14.4 Å². The van der Waals surface area contributed by atoms with E-state index in [1.807, 2.05) is 0 Å². The lowest BCUT2D eigenvalue weighted by Crippen LogP contribution is -2.52. The Bertz CT molecular complexity index is 293. The quantitative estimate of drug-likeness (QED) is 0.571. The van der Waals surface area contributed by atoms with Crippen LogP contribution in [-0.2, 0) is 4.57 Å². The maximum Gasteiger partial charge on any atom is 0.459 e. The van der Waals surface area contributed by atoms with Gasteiger partial charge in [0.05, 0.1) is 0 Å².